The summed E-state index contributed by atoms with van der Waals surface area (Å²) in [6.07, 6.45) is 8.61. The number of ketones is 1. The number of Topliss-reactive ketones (excluding diaryl/α,β-unsaturated/α-hetero) is 1. The first kappa shape index (κ1) is 23.7. The second-order valence-electron chi connectivity index (χ2n) is 8.41. The summed E-state index contributed by atoms with van der Waals surface area (Å²) in [7, 11) is 0. The Morgan fingerprint density at radius 2 is 1.83 bits per heavy atom. The standard InChI is InChI=1S/C24H35FO4/c1-17(26)7-4-2-3-5-10-21-22(24(29)16-23(21)28)14-13-20(27)12-11-18-8-6-9-19(25)15-18/h6,8-9,11-12,15,20-24,27-29H,2-5,7,10,13-14,16H2,1H3/t20?,21-,22-,23+,24-/m1/s1. The first-order valence-electron chi connectivity index (χ1n) is 10.8. The van der Waals surface area contributed by atoms with E-state index in [2.05, 4.69) is 0 Å². The molecule has 1 aromatic rings. The molecule has 3 N–H and O–H groups in total. The van der Waals surface area contributed by atoms with E-state index >= 15 is 0 Å². The van der Waals surface area contributed by atoms with Gasteiger partial charge in [-0.25, -0.2) is 4.39 Å². The molecule has 0 spiro atoms. The van der Waals surface area contributed by atoms with E-state index < -0.39 is 18.3 Å². The molecular weight excluding hydrogens is 371 g/mol. The highest BCUT2D eigenvalue weighted by Gasteiger charge is 2.40. The number of hydrogen-bond donors (Lipinski definition) is 3. The summed E-state index contributed by atoms with van der Waals surface area (Å²) in [6.45, 7) is 1.61. The Morgan fingerprint density at radius 3 is 2.52 bits per heavy atom. The quantitative estimate of drug-likeness (QED) is 0.453. The third-order valence-corrected chi connectivity index (χ3v) is 5.99. The predicted molar refractivity (Wildman–Crippen MR) is 113 cm³/mol. The van der Waals surface area contributed by atoms with Gasteiger partial charge in [-0.3, -0.25) is 0 Å². The number of aliphatic hydroxyl groups is 3. The van der Waals surface area contributed by atoms with E-state index in [1.165, 1.54) is 12.1 Å². The van der Waals surface area contributed by atoms with Crippen molar-refractivity contribution in [3.8, 4) is 0 Å². The molecule has 1 aliphatic carbocycles. The van der Waals surface area contributed by atoms with Gasteiger partial charge in [0.15, 0.2) is 0 Å². The third-order valence-electron chi connectivity index (χ3n) is 5.99. The molecule has 0 radical (unpaired) electrons. The first-order chi connectivity index (χ1) is 13.9. The second kappa shape index (κ2) is 12.2. The Bertz CT molecular complexity index is 660. The molecule has 0 amide bonds. The predicted octanol–water partition coefficient (Wildman–Crippen LogP) is 4.27. The van der Waals surface area contributed by atoms with Crippen molar-refractivity contribution in [1.82, 2.24) is 0 Å². The summed E-state index contributed by atoms with van der Waals surface area (Å²) < 4.78 is 13.2. The molecule has 0 bridgehead atoms. The molecule has 29 heavy (non-hydrogen) atoms. The van der Waals surface area contributed by atoms with Crippen LogP contribution in [-0.2, 0) is 4.79 Å². The molecule has 5 atom stereocenters. The lowest BCUT2D eigenvalue weighted by Crippen LogP contribution is -2.23. The van der Waals surface area contributed by atoms with Gasteiger partial charge in [0.2, 0.25) is 0 Å². The maximum absolute atomic E-state index is 13.2. The maximum Gasteiger partial charge on any atom is 0.129 e. The zero-order chi connectivity index (χ0) is 21.2. The van der Waals surface area contributed by atoms with E-state index in [9.17, 15) is 24.5 Å². The number of carbonyl (C=O) groups excluding carboxylic acids is 1. The molecule has 0 aromatic heterocycles. The summed E-state index contributed by atoms with van der Waals surface area (Å²) in [5.74, 6) is -0.0464. The van der Waals surface area contributed by atoms with Gasteiger partial charge in [-0.1, -0.05) is 43.5 Å². The van der Waals surface area contributed by atoms with E-state index in [1.807, 2.05) is 0 Å². The molecule has 2 rings (SSSR count). The van der Waals surface area contributed by atoms with Crippen LogP contribution >= 0.6 is 0 Å². The van der Waals surface area contributed by atoms with Gasteiger partial charge in [-0.2, -0.15) is 0 Å². The summed E-state index contributed by atoms with van der Waals surface area (Å²) in [4.78, 5) is 11.0. The van der Waals surface area contributed by atoms with Crippen molar-refractivity contribution in [2.24, 2.45) is 11.8 Å². The number of halogens is 1. The Hall–Kier alpha value is -1.56. The Balaban J connectivity index is 1.76. The van der Waals surface area contributed by atoms with Gasteiger partial charge in [0.1, 0.15) is 11.6 Å². The minimum atomic E-state index is -0.671. The molecule has 4 nitrogen and oxygen atoms in total. The average Bonchev–Trinajstić information content (AvgIpc) is 2.93. The fourth-order valence-electron chi connectivity index (χ4n) is 4.38. The van der Waals surface area contributed by atoms with Crippen molar-refractivity contribution in [2.45, 2.75) is 83.0 Å². The highest BCUT2D eigenvalue weighted by Crippen LogP contribution is 2.39. The lowest BCUT2D eigenvalue weighted by atomic mass is 9.85. The van der Waals surface area contributed by atoms with Crippen molar-refractivity contribution in [3.63, 3.8) is 0 Å². The molecule has 0 saturated heterocycles. The molecule has 1 aliphatic rings. The van der Waals surface area contributed by atoms with Crippen molar-refractivity contribution in [1.29, 1.82) is 0 Å². The normalized spacial score (nSPS) is 25.6. The van der Waals surface area contributed by atoms with Gasteiger partial charge in [0.25, 0.3) is 0 Å². The van der Waals surface area contributed by atoms with Gasteiger partial charge >= 0.3 is 0 Å². The van der Waals surface area contributed by atoms with Crippen LogP contribution in [0.1, 0.15) is 70.3 Å². The largest absolute Gasteiger partial charge is 0.393 e. The SMILES string of the molecule is CC(=O)CCCCCC[C@@H]1[C@@H](CCC(O)C=Cc2cccc(F)c2)[C@H](O)C[C@@H]1O. The molecule has 5 heteroatoms. The highest BCUT2D eigenvalue weighted by atomic mass is 19.1. The lowest BCUT2D eigenvalue weighted by molar-refractivity contribution is -0.117. The van der Waals surface area contributed by atoms with E-state index in [-0.39, 0.29) is 23.4 Å². The van der Waals surface area contributed by atoms with Crippen LogP contribution in [0.3, 0.4) is 0 Å². The van der Waals surface area contributed by atoms with E-state index in [1.54, 1.807) is 31.2 Å². The summed E-state index contributed by atoms with van der Waals surface area (Å²) in [6, 6.07) is 6.19. The number of carbonyl (C=O) groups is 1. The minimum absolute atomic E-state index is 0.0144. The maximum atomic E-state index is 13.2. The van der Waals surface area contributed by atoms with Crippen LogP contribution in [0.2, 0.25) is 0 Å². The van der Waals surface area contributed by atoms with Crippen molar-refractivity contribution in [3.05, 3.63) is 41.7 Å². The number of rotatable bonds is 12. The second-order valence-corrected chi connectivity index (χ2v) is 8.41. The van der Waals surface area contributed by atoms with Gasteiger partial charge < -0.3 is 20.1 Å². The van der Waals surface area contributed by atoms with Gasteiger partial charge in [-0.15, -0.1) is 0 Å². The van der Waals surface area contributed by atoms with Crippen LogP contribution in [0.4, 0.5) is 4.39 Å². The molecule has 0 aliphatic heterocycles. The molecule has 1 aromatic carbocycles. The molecule has 1 saturated carbocycles. The van der Waals surface area contributed by atoms with Gasteiger partial charge in [0.05, 0.1) is 18.3 Å². The number of aliphatic hydroxyl groups excluding tert-OH is 3. The van der Waals surface area contributed by atoms with E-state index in [0.29, 0.717) is 31.2 Å². The van der Waals surface area contributed by atoms with E-state index in [4.69, 9.17) is 0 Å². The summed E-state index contributed by atoms with van der Waals surface area (Å²) in [5.41, 5.74) is 0.697. The molecule has 0 heterocycles. The Morgan fingerprint density at radius 1 is 1.14 bits per heavy atom. The summed E-state index contributed by atoms with van der Waals surface area (Å²) in [5, 5.41) is 30.9. The van der Waals surface area contributed by atoms with Crippen LogP contribution in [0.5, 0.6) is 0 Å². The zero-order valence-electron chi connectivity index (χ0n) is 17.3. The number of hydrogen-bond acceptors (Lipinski definition) is 4. The molecular formula is C24H35FO4. The van der Waals surface area contributed by atoms with Gasteiger partial charge in [-0.05, 0) is 68.6 Å². The van der Waals surface area contributed by atoms with Crippen LogP contribution in [0.25, 0.3) is 6.08 Å². The summed E-state index contributed by atoms with van der Waals surface area (Å²) >= 11 is 0. The van der Waals surface area contributed by atoms with Crippen LogP contribution in [-0.4, -0.2) is 39.4 Å². The highest BCUT2D eigenvalue weighted by molar-refractivity contribution is 5.75. The number of unbranched alkanes of at least 4 members (excludes halogenated alkanes) is 3. The lowest BCUT2D eigenvalue weighted by Gasteiger charge is -2.24. The van der Waals surface area contributed by atoms with Crippen molar-refractivity contribution in [2.75, 3.05) is 0 Å². The molecule has 1 unspecified atom stereocenters. The smallest absolute Gasteiger partial charge is 0.129 e. The van der Waals surface area contributed by atoms with Crippen LogP contribution in [0.15, 0.2) is 30.3 Å². The number of benzene rings is 1. The van der Waals surface area contributed by atoms with Crippen LogP contribution < -0.4 is 0 Å². The van der Waals surface area contributed by atoms with Crippen molar-refractivity contribution >= 4 is 11.9 Å². The fourth-order valence-corrected chi connectivity index (χ4v) is 4.38. The Kier molecular flexibility index (Phi) is 9.98. The minimum Gasteiger partial charge on any atom is -0.393 e. The molecule has 1 fully saturated rings. The average molecular weight is 407 g/mol. The first-order valence-corrected chi connectivity index (χ1v) is 10.8. The zero-order valence-corrected chi connectivity index (χ0v) is 17.3. The molecule has 162 valence electrons. The van der Waals surface area contributed by atoms with Gasteiger partial charge in [0, 0.05) is 6.42 Å². The topological polar surface area (TPSA) is 77.8 Å². The van der Waals surface area contributed by atoms with E-state index in [0.717, 1.165) is 32.1 Å². The van der Waals surface area contributed by atoms with Crippen molar-refractivity contribution < 1.29 is 24.5 Å². The fraction of sp³-hybridized carbons (Fsp3) is 0.625. The monoisotopic (exact) mass is 406 g/mol. The van der Waals surface area contributed by atoms with Crippen LogP contribution in [0, 0.1) is 17.7 Å². The Labute approximate surface area is 173 Å². The third kappa shape index (κ3) is 8.37.